The SMILES string of the molecule is COc1ccc(C(=O)O[C@@H]2C[C@H]3C(=O)N[C@]4(C(=O)NS(=O)(=O)C5(C)CC5)C[C@H]4/C=C\CC[C@@H](C)C[C@@H](C)[C@H](NC(=O)OC(C)(C)C(F)(F)F)C(=O)N3C2)cc1. The first-order valence-corrected chi connectivity index (χ1v) is 19.8. The highest BCUT2D eigenvalue weighted by Crippen LogP contribution is 2.47. The van der Waals surface area contributed by atoms with Crippen LogP contribution in [0.4, 0.5) is 18.0 Å². The van der Waals surface area contributed by atoms with Crippen LogP contribution in [0, 0.1) is 17.8 Å². The number of hydrogen-bond donors (Lipinski definition) is 3. The average molecular weight is 799 g/mol. The minimum absolute atomic E-state index is 0.0615. The minimum Gasteiger partial charge on any atom is -0.497 e. The lowest BCUT2D eigenvalue weighted by Gasteiger charge is -2.34. The number of alkyl halides is 3. The van der Waals surface area contributed by atoms with Crippen molar-refractivity contribution in [3.05, 3.63) is 42.0 Å². The first-order chi connectivity index (χ1) is 25.5. The quantitative estimate of drug-likeness (QED) is 0.255. The zero-order chi connectivity index (χ0) is 40.7. The van der Waals surface area contributed by atoms with Gasteiger partial charge in [-0.3, -0.25) is 19.1 Å². The van der Waals surface area contributed by atoms with Crippen LogP contribution in [-0.4, -0.2) is 97.0 Å². The molecule has 0 bridgehead atoms. The van der Waals surface area contributed by atoms with Crippen molar-refractivity contribution in [2.75, 3.05) is 13.7 Å². The molecule has 14 nitrogen and oxygen atoms in total. The molecule has 1 saturated heterocycles. The first-order valence-electron chi connectivity index (χ1n) is 18.3. The number of carbonyl (C=O) groups excluding carboxylic acids is 5. The number of hydrogen-bond acceptors (Lipinski definition) is 10. The van der Waals surface area contributed by atoms with Crippen molar-refractivity contribution in [3.8, 4) is 5.75 Å². The summed E-state index contributed by atoms with van der Waals surface area (Å²) in [5.41, 5.74) is -4.44. The van der Waals surface area contributed by atoms with E-state index in [4.69, 9.17) is 14.2 Å². The lowest BCUT2D eigenvalue weighted by molar-refractivity contribution is -0.244. The van der Waals surface area contributed by atoms with Crippen LogP contribution in [0.2, 0.25) is 0 Å². The highest BCUT2D eigenvalue weighted by molar-refractivity contribution is 7.91. The number of rotatable bonds is 8. The molecule has 5 rings (SSSR count). The zero-order valence-corrected chi connectivity index (χ0v) is 32.5. The third-order valence-corrected chi connectivity index (χ3v) is 13.3. The number of sulfonamides is 1. The van der Waals surface area contributed by atoms with E-state index in [-0.39, 0.29) is 30.9 Å². The number of carbonyl (C=O) groups is 5. The lowest BCUT2D eigenvalue weighted by atomic mass is 9.88. The summed E-state index contributed by atoms with van der Waals surface area (Å²) in [6.45, 7) is 6.05. The summed E-state index contributed by atoms with van der Waals surface area (Å²) in [7, 11) is -2.64. The number of allylic oxidation sites excluding steroid dienone is 1. The van der Waals surface area contributed by atoms with Crippen LogP contribution in [0.1, 0.15) is 89.9 Å². The molecule has 1 aromatic carbocycles. The van der Waals surface area contributed by atoms with Crippen molar-refractivity contribution in [1.82, 2.24) is 20.3 Å². The number of fused-ring (bicyclic) bond motifs is 2. The van der Waals surface area contributed by atoms with Gasteiger partial charge in [0, 0.05) is 12.3 Å². The van der Waals surface area contributed by atoms with Crippen LogP contribution >= 0.6 is 0 Å². The largest absolute Gasteiger partial charge is 0.497 e. The van der Waals surface area contributed by atoms with Crippen LogP contribution in [0.5, 0.6) is 5.75 Å². The normalized spacial score (nSPS) is 30.2. The maximum atomic E-state index is 14.5. The summed E-state index contributed by atoms with van der Waals surface area (Å²) in [6.07, 6.45) is -1.94. The molecule has 2 heterocycles. The van der Waals surface area contributed by atoms with Crippen molar-refractivity contribution in [2.24, 2.45) is 17.8 Å². The molecule has 55 heavy (non-hydrogen) atoms. The van der Waals surface area contributed by atoms with E-state index in [1.54, 1.807) is 25.1 Å². The van der Waals surface area contributed by atoms with Gasteiger partial charge in [0.15, 0.2) is 0 Å². The predicted molar refractivity (Wildman–Crippen MR) is 191 cm³/mol. The van der Waals surface area contributed by atoms with Gasteiger partial charge in [0.05, 0.1) is 24.0 Å². The van der Waals surface area contributed by atoms with Crippen molar-refractivity contribution in [1.29, 1.82) is 0 Å². The van der Waals surface area contributed by atoms with Gasteiger partial charge >= 0.3 is 18.2 Å². The standard InChI is InChI=1S/C37H49F3N4O10S/c1-21-9-7-8-10-24-19-36(24,32(48)43-55(50,51)35(5)15-16-35)42-29(45)27-18-26(53-31(47)23-11-13-25(52-6)14-12-23)20-44(27)30(46)28(22(2)17-21)41-33(49)54-34(3,4)37(38,39)40/h8,10-14,21-22,24,26-28H,7,9,15-20H2,1-6H3,(H,41,49)(H,42,45)(H,43,48)/b10-8-/t21-,22-,24-,26-,27+,28+,36-/m1/s1. The molecule has 4 amide bonds. The fraction of sp³-hybridized carbons (Fsp3) is 0.649. The molecule has 1 aromatic rings. The zero-order valence-electron chi connectivity index (χ0n) is 31.7. The number of halogens is 3. The number of nitrogens with zero attached hydrogens (tertiary/aromatic N) is 1. The first kappa shape index (κ1) is 41.8. The number of esters is 1. The topological polar surface area (TPSA) is 187 Å². The van der Waals surface area contributed by atoms with Crippen molar-refractivity contribution < 1.29 is 59.8 Å². The monoisotopic (exact) mass is 798 g/mol. The summed E-state index contributed by atoms with van der Waals surface area (Å²) in [6, 6.07) is 3.11. The Hall–Kier alpha value is -4.35. The Kier molecular flexibility index (Phi) is 11.6. The van der Waals surface area contributed by atoms with E-state index < -0.39 is 91.9 Å². The maximum absolute atomic E-state index is 14.5. The Labute approximate surface area is 318 Å². The molecule has 3 fully saturated rings. The van der Waals surface area contributed by atoms with E-state index in [2.05, 4.69) is 15.4 Å². The van der Waals surface area contributed by atoms with Crippen molar-refractivity contribution >= 4 is 39.8 Å². The second-order valence-electron chi connectivity index (χ2n) is 16.0. The third-order valence-electron chi connectivity index (χ3n) is 11.2. The fourth-order valence-electron chi connectivity index (χ4n) is 6.99. The molecule has 4 aliphatic rings. The highest BCUT2D eigenvalue weighted by Gasteiger charge is 2.63. The van der Waals surface area contributed by atoms with E-state index in [0.29, 0.717) is 51.7 Å². The third kappa shape index (κ3) is 9.04. The lowest BCUT2D eigenvalue weighted by Crippen LogP contribution is -2.59. The van der Waals surface area contributed by atoms with Gasteiger partial charge in [-0.2, -0.15) is 13.2 Å². The molecule has 0 radical (unpaired) electrons. The van der Waals surface area contributed by atoms with Crippen LogP contribution in [0.15, 0.2) is 36.4 Å². The average Bonchev–Trinajstić information content (AvgIpc) is 3.98. The summed E-state index contributed by atoms with van der Waals surface area (Å²) < 4.78 is 83.8. The predicted octanol–water partition coefficient (Wildman–Crippen LogP) is 4.14. The van der Waals surface area contributed by atoms with Gasteiger partial charge in [0.2, 0.25) is 27.4 Å². The van der Waals surface area contributed by atoms with Gasteiger partial charge in [-0.15, -0.1) is 0 Å². The van der Waals surface area contributed by atoms with Crippen LogP contribution in [-0.2, 0) is 33.9 Å². The number of methoxy groups -OCH3 is 1. The van der Waals surface area contributed by atoms with Gasteiger partial charge in [0.25, 0.3) is 5.91 Å². The smallest absolute Gasteiger partial charge is 0.427 e. The molecule has 2 aliphatic heterocycles. The second kappa shape index (κ2) is 15.3. The van der Waals surface area contributed by atoms with Crippen molar-refractivity contribution in [3.63, 3.8) is 0 Å². The summed E-state index contributed by atoms with van der Waals surface area (Å²) >= 11 is 0. The summed E-state index contributed by atoms with van der Waals surface area (Å²) in [5.74, 6) is -4.25. The Morgan fingerprint density at radius 3 is 2.29 bits per heavy atom. The van der Waals surface area contributed by atoms with Gasteiger partial charge in [-0.25, -0.2) is 18.0 Å². The Bertz CT molecular complexity index is 1810. The van der Waals surface area contributed by atoms with E-state index in [1.165, 1.54) is 26.2 Å². The number of amides is 4. The molecule has 2 saturated carbocycles. The molecule has 18 heteroatoms. The molecule has 7 atom stereocenters. The van der Waals surface area contributed by atoms with E-state index in [1.807, 2.05) is 13.0 Å². The van der Waals surface area contributed by atoms with Gasteiger partial charge < -0.3 is 29.7 Å². The molecular formula is C37H49F3N4O10S. The highest BCUT2D eigenvalue weighted by atomic mass is 32.2. The van der Waals surface area contributed by atoms with Crippen molar-refractivity contribution in [2.45, 2.75) is 120 Å². The molecule has 0 aromatic heterocycles. The Morgan fingerprint density at radius 1 is 1.04 bits per heavy atom. The molecule has 0 spiro atoms. The van der Waals surface area contributed by atoms with Gasteiger partial charge in [0.1, 0.15) is 29.5 Å². The molecule has 304 valence electrons. The molecule has 3 N–H and O–H groups in total. The van der Waals surface area contributed by atoms with E-state index in [9.17, 15) is 45.6 Å². The molecule has 0 unspecified atom stereocenters. The van der Waals surface area contributed by atoms with E-state index in [0.717, 1.165) is 4.90 Å². The minimum atomic E-state index is -4.93. The summed E-state index contributed by atoms with van der Waals surface area (Å²) in [4.78, 5) is 69.9. The number of ether oxygens (including phenoxy) is 3. The second-order valence-corrected chi connectivity index (χ2v) is 18.2. The molecule has 2 aliphatic carbocycles. The number of nitrogens with one attached hydrogen (secondary N) is 3. The van der Waals surface area contributed by atoms with Crippen LogP contribution in [0.3, 0.4) is 0 Å². The summed E-state index contributed by atoms with van der Waals surface area (Å²) in [5, 5.41) is 5.03. The van der Waals surface area contributed by atoms with Gasteiger partial charge in [-0.1, -0.05) is 26.0 Å². The number of benzene rings is 1. The Balaban J connectivity index is 1.48. The molecular weight excluding hydrogens is 749 g/mol. The van der Waals surface area contributed by atoms with Gasteiger partial charge in [-0.05, 0) is 95.4 Å². The van der Waals surface area contributed by atoms with Crippen LogP contribution < -0.4 is 20.1 Å². The Morgan fingerprint density at radius 2 is 1.69 bits per heavy atom. The van der Waals surface area contributed by atoms with E-state index >= 15 is 0 Å². The maximum Gasteiger partial charge on any atom is 0.427 e. The van der Waals surface area contributed by atoms with Crippen LogP contribution in [0.25, 0.3) is 0 Å². The fourth-order valence-corrected chi connectivity index (χ4v) is 8.30. The number of alkyl carbamates (subject to hydrolysis) is 1.